The topological polar surface area (TPSA) is 23.6 Å². The van der Waals surface area contributed by atoms with Gasteiger partial charge >= 0.3 is 0 Å². The van der Waals surface area contributed by atoms with Gasteiger partial charge in [-0.2, -0.15) is 0 Å². The molecule has 0 atom stereocenters. The normalized spacial score (nSPS) is 11.9. The van der Waals surface area contributed by atoms with E-state index in [9.17, 15) is 4.79 Å². The zero-order valence-corrected chi connectivity index (χ0v) is 12.5. The third kappa shape index (κ3) is 6.06. The summed E-state index contributed by atoms with van der Waals surface area (Å²) in [5.41, 5.74) is -0.259. The van der Waals surface area contributed by atoms with Crippen molar-refractivity contribution in [1.82, 2.24) is 9.80 Å². The van der Waals surface area contributed by atoms with Gasteiger partial charge in [-0.25, -0.2) is 0 Å². The Morgan fingerprint density at radius 2 is 1.47 bits per heavy atom. The molecule has 0 unspecified atom stereocenters. The fourth-order valence-corrected chi connectivity index (χ4v) is 1.90. The van der Waals surface area contributed by atoms with Gasteiger partial charge in [-0.3, -0.25) is 4.79 Å². The minimum absolute atomic E-state index is 0.259. The molecular formula is C14H30N2O. The van der Waals surface area contributed by atoms with Gasteiger partial charge in [0.25, 0.3) is 0 Å². The van der Waals surface area contributed by atoms with Crippen molar-refractivity contribution < 1.29 is 4.79 Å². The van der Waals surface area contributed by atoms with Crippen LogP contribution in [0, 0.1) is 5.41 Å². The second kappa shape index (κ2) is 7.70. The van der Waals surface area contributed by atoms with Crippen LogP contribution in [0.25, 0.3) is 0 Å². The van der Waals surface area contributed by atoms with Crippen molar-refractivity contribution in [1.29, 1.82) is 0 Å². The summed E-state index contributed by atoms with van der Waals surface area (Å²) in [7, 11) is 0. The van der Waals surface area contributed by atoms with E-state index in [4.69, 9.17) is 0 Å². The fraction of sp³-hybridized carbons (Fsp3) is 0.929. The smallest absolute Gasteiger partial charge is 0.227 e. The molecule has 0 spiro atoms. The highest BCUT2D eigenvalue weighted by Crippen LogP contribution is 2.17. The fourth-order valence-electron chi connectivity index (χ4n) is 1.90. The van der Waals surface area contributed by atoms with Crippen LogP contribution in [-0.2, 0) is 4.79 Å². The van der Waals surface area contributed by atoms with E-state index >= 15 is 0 Å². The molecule has 3 nitrogen and oxygen atoms in total. The average molecular weight is 242 g/mol. The first-order valence-corrected chi connectivity index (χ1v) is 6.88. The second-order valence-corrected chi connectivity index (χ2v) is 5.52. The van der Waals surface area contributed by atoms with Crippen molar-refractivity contribution in [3.63, 3.8) is 0 Å². The SMILES string of the molecule is CCN(CC)CCCN(CC)C(=O)C(C)(C)C. The van der Waals surface area contributed by atoms with Crippen LogP contribution >= 0.6 is 0 Å². The predicted octanol–water partition coefficient (Wildman–Crippen LogP) is 2.61. The van der Waals surface area contributed by atoms with Crippen LogP contribution in [0.5, 0.6) is 0 Å². The lowest BCUT2D eigenvalue weighted by molar-refractivity contribution is -0.139. The van der Waals surface area contributed by atoms with Crippen LogP contribution in [0.3, 0.4) is 0 Å². The Labute approximate surface area is 107 Å². The van der Waals surface area contributed by atoms with Crippen LogP contribution in [0.2, 0.25) is 0 Å². The maximum absolute atomic E-state index is 12.1. The zero-order valence-electron chi connectivity index (χ0n) is 12.5. The molecule has 0 N–H and O–H groups in total. The Balaban J connectivity index is 4.11. The van der Waals surface area contributed by atoms with Gasteiger partial charge in [-0.15, -0.1) is 0 Å². The molecule has 102 valence electrons. The van der Waals surface area contributed by atoms with E-state index in [0.29, 0.717) is 0 Å². The molecule has 0 aromatic carbocycles. The molecule has 0 aliphatic heterocycles. The Bertz CT molecular complexity index is 217. The predicted molar refractivity (Wildman–Crippen MR) is 74.1 cm³/mol. The number of carbonyl (C=O) groups is 1. The Hall–Kier alpha value is -0.570. The molecule has 1 amide bonds. The molecule has 0 aliphatic carbocycles. The molecule has 0 fully saturated rings. The van der Waals surface area contributed by atoms with E-state index in [2.05, 4.69) is 25.7 Å². The maximum atomic E-state index is 12.1. The van der Waals surface area contributed by atoms with Crippen molar-refractivity contribution in [3.05, 3.63) is 0 Å². The minimum atomic E-state index is -0.259. The highest BCUT2D eigenvalue weighted by Gasteiger charge is 2.25. The van der Waals surface area contributed by atoms with Crippen molar-refractivity contribution in [2.75, 3.05) is 32.7 Å². The van der Waals surface area contributed by atoms with E-state index in [1.165, 1.54) is 0 Å². The number of hydrogen-bond acceptors (Lipinski definition) is 2. The third-order valence-electron chi connectivity index (χ3n) is 3.11. The first kappa shape index (κ1) is 16.4. The van der Waals surface area contributed by atoms with Crippen molar-refractivity contribution in [2.45, 2.75) is 48.0 Å². The number of hydrogen-bond donors (Lipinski definition) is 0. The summed E-state index contributed by atoms with van der Waals surface area (Å²) in [6.45, 7) is 17.3. The molecule has 3 heteroatoms. The molecule has 17 heavy (non-hydrogen) atoms. The molecule has 0 aromatic rings. The summed E-state index contributed by atoms with van der Waals surface area (Å²) < 4.78 is 0. The van der Waals surface area contributed by atoms with Crippen molar-refractivity contribution in [3.8, 4) is 0 Å². The largest absolute Gasteiger partial charge is 0.342 e. The second-order valence-electron chi connectivity index (χ2n) is 5.52. The molecule has 0 radical (unpaired) electrons. The van der Waals surface area contributed by atoms with Gasteiger partial charge < -0.3 is 9.80 Å². The van der Waals surface area contributed by atoms with Gasteiger partial charge in [-0.1, -0.05) is 34.6 Å². The highest BCUT2D eigenvalue weighted by atomic mass is 16.2. The van der Waals surface area contributed by atoms with Crippen LogP contribution in [0.1, 0.15) is 48.0 Å². The number of amides is 1. The van der Waals surface area contributed by atoms with E-state index < -0.39 is 0 Å². The van der Waals surface area contributed by atoms with Gasteiger partial charge in [-0.05, 0) is 33.0 Å². The molecular weight excluding hydrogens is 212 g/mol. The lowest BCUT2D eigenvalue weighted by Crippen LogP contribution is -2.40. The highest BCUT2D eigenvalue weighted by molar-refractivity contribution is 5.81. The first-order valence-electron chi connectivity index (χ1n) is 6.88. The Morgan fingerprint density at radius 3 is 1.82 bits per heavy atom. The molecule has 0 bridgehead atoms. The Morgan fingerprint density at radius 1 is 0.941 bits per heavy atom. The van der Waals surface area contributed by atoms with Gasteiger partial charge in [0, 0.05) is 18.5 Å². The summed E-state index contributed by atoms with van der Waals surface area (Å²) in [6.07, 6.45) is 1.07. The van der Waals surface area contributed by atoms with Crippen LogP contribution in [0.15, 0.2) is 0 Å². The van der Waals surface area contributed by atoms with Gasteiger partial charge in [0.2, 0.25) is 5.91 Å². The van der Waals surface area contributed by atoms with Gasteiger partial charge in [0.05, 0.1) is 0 Å². The standard InChI is InChI=1S/C14H30N2O/c1-7-15(8-2)11-10-12-16(9-3)13(17)14(4,5)6/h7-12H2,1-6H3. The summed E-state index contributed by atoms with van der Waals surface area (Å²) in [5.74, 6) is 0.263. The van der Waals surface area contributed by atoms with Crippen molar-refractivity contribution in [2.24, 2.45) is 5.41 Å². The summed E-state index contributed by atoms with van der Waals surface area (Å²) in [5, 5.41) is 0. The van der Waals surface area contributed by atoms with Gasteiger partial charge in [0.1, 0.15) is 0 Å². The number of nitrogens with zero attached hydrogens (tertiary/aromatic N) is 2. The van der Waals surface area contributed by atoms with Crippen LogP contribution in [0.4, 0.5) is 0 Å². The number of carbonyl (C=O) groups excluding carboxylic acids is 1. The average Bonchev–Trinajstić information content (AvgIpc) is 2.27. The molecule has 0 heterocycles. The lowest BCUT2D eigenvalue weighted by atomic mass is 9.94. The first-order chi connectivity index (χ1) is 7.86. The lowest BCUT2D eigenvalue weighted by Gasteiger charge is -2.29. The number of rotatable bonds is 7. The molecule has 0 aromatic heterocycles. The Kier molecular flexibility index (Phi) is 7.44. The van der Waals surface area contributed by atoms with E-state index in [1.807, 2.05) is 25.7 Å². The van der Waals surface area contributed by atoms with E-state index in [-0.39, 0.29) is 11.3 Å². The maximum Gasteiger partial charge on any atom is 0.227 e. The zero-order chi connectivity index (χ0) is 13.5. The van der Waals surface area contributed by atoms with Gasteiger partial charge in [0.15, 0.2) is 0 Å². The quantitative estimate of drug-likeness (QED) is 0.685. The monoisotopic (exact) mass is 242 g/mol. The third-order valence-corrected chi connectivity index (χ3v) is 3.11. The molecule has 0 saturated heterocycles. The van der Waals surface area contributed by atoms with Crippen LogP contribution < -0.4 is 0 Å². The minimum Gasteiger partial charge on any atom is -0.342 e. The molecule has 0 saturated carbocycles. The summed E-state index contributed by atoms with van der Waals surface area (Å²) in [6, 6.07) is 0. The molecule has 0 aliphatic rings. The van der Waals surface area contributed by atoms with Crippen molar-refractivity contribution >= 4 is 5.91 Å². The van der Waals surface area contributed by atoms with E-state index in [0.717, 1.165) is 39.1 Å². The van der Waals surface area contributed by atoms with Crippen LogP contribution in [-0.4, -0.2) is 48.4 Å². The summed E-state index contributed by atoms with van der Waals surface area (Å²) >= 11 is 0. The van der Waals surface area contributed by atoms with E-state index in [1.54, 1.807) is 0 Å². The molecule has 0 rings (SSSR count). The summed E-state index contributed by atoms with van der Waals surface area (Å²) in [4.78, 5) is 16.5.